The van der Waals surface area contributed by atoms with E-state index >= 15 is 0 Å². The monoisotopic (exact) mass is 309 g/mol. The van der Waals surface area contributed by atoms with Crippen molar-refractivity contribution in [1.29, 1.82) is 0 Å². The molecular formula is C15H23N3O2S. The molecule has 0 amide bonds. The quantitative estimate of drug-likeness (QED) is 0.818. The molecule has 0 bridgehead atoms. The molecule has 0 aliphatic carbocycles. The minimum Gasteiger partial charge on any atom is -0.361 e. The van der Waals surface area contributed by atoms with Gasteiger partial charge in [-0.05, 0) is 43.8 Å². The van der Waals surface area contributed by atoms with Crippen LogP contribution in [0.25, 0.3) is 10.9 Å². The van der Waals surface area contributed by atoms with Crippen LogP contribution in [0.15, 0.2) is 24.4 Å². The van der Waals surface area contributed by atoms with Crippen molar-refractivity contribution in [2.45, 2.75) is 19.1 Å². The molecular weight excluding hydrogens is 286 g/mol. The van der Waals surface area contributed by atoms with Crippen LogP contribution < -0.4 is 4.72 Å². The van der Waals surface area contributed by atoms with E-state index in [1.54, 1.807) is 6.92 Å². The van der Waals surface area contributed by atoms with Gasteiger partial charge < -0.3 is 9.88 Å². The van der Waals surface area contributed by atoms with E-state index in [0.717, 1.165) is 29.4 Å². The number of rotatable bonds is 7. The number of H-pyrrole nitrogens is 1. The fourth-order valence-corrected chi connectivity index (χ4v) is 3.52. The fraction of sp³-hybridized carbons (Fsp3) is 0.467. The highest BCUT2D eigenvalue weighted by Crippen LogP contribution is 2.21. The van der Waals surface area contributed by atoms with Gasteiger partial charge >= 0.3 is 0 Å². The summed E-state index contributed by atoms with van der Waals surface area (Å²) in [6, 6.07) is 5.79. The van der Waals surface area contributed by atoms with Crippen molar-refractivity contribution in [3.63, 3.8) is 0 Å². The molecule has 0 saturated carbocycles. The van der Waals surface area contributed by atoms with E-state index in [-0.39, 0.29) is 5.75 Å². The van der Waals surface area contributed by atoms with Crippen LogP contribution >= 0.6 is 0 Å². The molecule has 116 valence electrons. The predicted octanol–water partition coefficient (Wildman–Crippen LogP) is 1.71. The highest BCUT2D eigenvalue weighted by Gasteiger charge is 2.12. The lowest BCUT2D eigenvalue weighted by Crippen LogP contribution is -2.24. The molecule has 2 aromatic rings. The summed E-state index contributed by atoms with van der Waals surface area (Å²) in [6.07, 6.45) is 2.95. The van der Waals surface area contributed by atoms with Gasteiger partial charge in [-0.3, -0.25) is 0 Å². The number of sulfonamides is 1. The minimum absolute atomic E-state index is 0.0229. The number of aromatic amines is 1. The van der Waals surface area contributed by atoms with Gasteiger partial charge in [-0.15, -0.1) is 0 Å². The average molecular weight is 309 g/mol. The standard InChI is InChI=1S/C15H23N3O2S/c1-4-17-21(19,20)11-12-5-6-15-14(9-12)13(10-16-15)7-8-18(2)3/h5-6,9-10,16-17H,4,7-8,11H2,1-3H3. The zero-order chi connectivity index (χ0) is 15.5. The third-order valence-electron chi connectivity index (χ3n) is 3.38. The van der Waals surface area contributed by atoms with E-state index in [9.17, 15) is 8.42 Å². The first-order valence-corrected chi connectivity index (χ1v) is 8.77. The van der Waals surface area contributed by atoms with Crippen LogP contribution in [-0.2, 0) is 22.2 Å². The maximum Gasteiger partial charge on any atom is 0.215 e. The van der Waals surface area contributed by atoms with E-state index < -0.39 is 10.0 Å². The number of nitrogens with one attached hydrogen (secondary N) is 2. The molecule has 1 aromatic carbocycles. The molecule has 0 fully saturated rings. The summed E-state index contributed by atoms with van der Waals surface area (Å²) in [5.41, 5.74) is 3.09. The lowest BCUT2D eigenvalue weighted by atomic mass is 10.1. The smallest absolute Gasteiger partial charge is 0.215 e. The Kier molecular flexibility index (Phi) is 5.03. The summed E-state index contributed by atoms with van der Waals surface area (Å²) in [6.45, 7) is 3.17. The molecule has 1 aromatic heterocycles. The second-order valence-electron chi connectivity index (χ2n) is 5.50. The van der Waals surface area contributed by atoms with Gasteiger partial charge in [0, 0.05) is 30.2 Å². The molecule has 0 aliphatic heterocycles. The Labute approximate surface area is 126 Å². The van der Waals surface area contributed by atoms with Gasteiger partial charge in [0.05, 0.1) is 5.75 Å². The van der Waals surface area contributed by atoms with Crippen molar-refractivity contribution in [3.8, 4) is 0 Å². The molecule has 21 heavy (non-hydrogen) atoms. The van der Waals surface area contributed by atoms with E-state index in [2.05, 4.69) is 14.6 Å². The largest absolute Gasteiger partial charge is 0.361 e. The fourth-order valence-electron chi connectivity index (χ4n) is 2.36. The summed E-state index contributed by atoms with van der Waals surface area (Å²) >= 11 is 0. The molecule has 0 aliphatic rings. The van der Waals surface area contributed by atoms with Crippen molar-refractivity contribution in [2.75, 3.05) is 27.2 Å². The molecule has 1 heterocycles. The number of aromatic nitrogens is 1. The van der Waals surface area contributed by atoms with Crippen LogP contribution in [-0.4, -0.2) is 45.5 Å². The van der Waals surface area contributed by atoms with Crippen molar-refractivity contribution in [1.82, 2.24) is 14.6 Å². The number of fused-ring (bicyclic) bond motifs is 1. The van der Waals surface area contributed by atoms with Gasteiger partial charge in [0.15, 0.2) is 0 Å². The van der Waals surface area contributed by atoms with E-state index in [4.69, 9.17) is 0 Å². The van der Waals surface area contributed by atoms with Crippen LogP contribution in [0.4, 0.5) is 0 Å². The van der Waals surface area contributed by atoms with Gasteiger partial charge in [-0.25, -0.2) is 13.1 Å². The first-order chi connectivity index (χ1) is 9.91. The first-order valence-electron chi connectivity index (χ1n) is 7.12. The summed E-state index contributed by atoms with van der Waals surface area (Å²) in [5, 5.41) is 1.11. The molecule has 2 rings (SSSR count). The van der Waals surface area contributed by atoms with Crippen molar-refractivity contribution in [3.05, 3.63) is 35.5 Å². The zero-order valence-corrected chi connectivity index (χ0v) is 13.6. The van der Waals surface area contributed by atoms with Crippen molar-refractivity contribution in [2.24, 2.45) is 0 Å². The third-order valence-corrected chi connectivity index (χ3v) is 4.82. The number of benzene rings is 1. The van der Waals surface area contributed by atoms with Gasteiger partial charge in [0.1, 0.15) is 0 Å². The van der Waals surface area contributed by atoms with Gasteiger partial charge in [0.2, 0.25) is 10.0 Å². The molecule has 6 heteroatoms. The van der Waals surface area contributed by atoms with Crippen LogP contribution in [0.1, 0.15) is 18.1 Å². The molecule has 0 radical (unpaired) electrons. The molecule has 0 atom stereocenters. The molecule has 2 N–H and O–H groups in total. The lowest BCUT2D eigenvalue weighted by molar-refractivity contribution is 0.414. The highest BCUT2D eigenvalue weighted by atomic mass is 32.2. The minimum atomic E-state index is -3.24. The van der Waals surface area contributed by atoms with Crippen molar-refractivity contribution >= 4 is 20.9 Å². The average Bonchev–Trinajstić information content (AvgIpc) is 2.78. The van der Waals surface area contributed by atoms with Gasteiger partial charge in [0.25, 0.3) is 0 Å². The van der Waals surface area contributed by atoms with E-state index in [0.29, 0.717) is 6.54 Å². The summed E-state index contributed by atoms with van der Waals surface area (Å²) in [5.74, 6) is 0.0229. The molecule has 5 nitrogen and oxygen atoms in total. The van der Waals surface area contributed by atoms with E-state index in [1.165, 1.54) is 5.56 Å². The Hall–Kier alpha value is -1.37. The SMILES string of the molecule is CCNS(=O)(=O)Cc1ccc2[nH]cc(CCN(C)C)c2c1. The Morgan fingerprint density at radius 3 is 2.71 bits per heavy atom. The second kappa shape index (κ2) is 6.60. The van der Waals surface area contributed by atoms with Crippen molar-refractivity contribution < 1.29 is 8.42 Å². The first kappa shape index (κ1) is 16.0. The number of nitrogens with zero attached hydrogens (tertiary/aromatic N) is 1. The summed E-state index contributed by atoms with van der Waals surface area (Å²) in [7, 11) is 0.846. The second-order valence-corrected chi connectivity index (χ2v) is 7.31. The maximum atomic E-state index is 11.8. The van der Waals surface area contributed by atoms with Crippen LogP contribution in [0.5, 0.6) is 0 Å². The molecule has 0 unspecified atom stereocenters. The summed E-state index contributed by atoms with van der Waals surface area (Å²) in [4.78, 5) is 5.38. The topological polar surface area (TPSA) is 65.2 Å². The zero-order valence-electron chi connectivity index (χ0n) is 12.8. The highest BCUT2D eigenvalue weighted by molar-refractivity contribution is 7.88. The third kappa shape index (κ3) is 4.30. The Balaban J connectivity index is 2.25. The maximum absolute atomic E-state index is 11.8. The summed E-state index contributed by atoms with van der Waals surface area (Å²) < 4.78 is 26.2. The molecule has 0 spiro atoms. The van der Waals surface area contributed by atoms with Crippen LogP contribution in [0, 0.1) is 0 Å². The normalized spacial score (nSPS) is 12.4. The van der Waals surface area contributed by atoms with Gasteiger partial charge in [-0.2, -0.15) is 0 Å². The number of likely N-dealkylation sites (N-methyl/N-ethyl adjacent to an activating group) is 1. The number of hydrogen-bond donors (Lipinski definition) is 2. The van der Waals surface area contributed by atoms with Crippen LogP contribution in [0.3, 0.4) is 0 Å². The van der Waals surface area contributed by atoms with Gasteiger partial charge in [-0.1, -0.05) is 13.0 Å². The molecule has 0 saturated heterocycles. The Morgan fingerprint density at radius 2 is 2.05 bits per heavy atom. The Morgan fingerprint density at radius 1 is 1.29 bits per heavy atom. The van der Waals surface area contributed by atoms with E-state index in [1.807, 2.05) is 38.5 Å². The number of hydrogen-bond acceptors (Lipinski definition) is 3. The predicted molar refractivity (Wildman–Crippen MR) is 86.9 cm³/mol. The lowest BCUT2D eigenvalue weighted by Gasteiger charge is -2.09. The Bertz CT molecular complexity index is 705. The van der Waals surface area contributed by atoms with Crippen LogP contribution in [0.2, 0.25) is 0 Å².